The van der Waals surface area contributed by atoms with Gasteiger partial charge in [-0.05, 0) is 49.9 Å². The second-order valence-electron chi connectivity index (χ2n) is 7.67. The molecule has 28 heavy (non-hydrogen) atoms. The lowest BCUT2D eigenvalue weighted by molar-refractivity contribution is 0.150. The molecule has 3 rings (SSSR count). The molecule has 1 saturated heterocycles. The molecule has 2 aromatic rings. The minimum Gasteiger partial charge on any atom is -0.370 e. The van der Waals surface area contributed by atoms with E-state index in [1.54, 1.807) is 6.20 Å². The van der Waals surface area contributed by atoms with Gasteiger partial charge in [-0.25, -0.2) is 17.5 Å². The average molecular weight is 405 g/mol. The summed E-state index contributed by atoms with van der Waals surface area (Å²) >= 11 is 0. The highest BCUT2D eigenvalue weighted by atomic mass is 32.2. The molecule has 1 aromatic heterocycles. The molecule has 0 radical (unpaired) electrons. The van der Waals surface area contributed by atoms with Crippen LogP contribution in [0.15, 0.2) is 18.3 Å². The topological polar surface area (TPSA) is 86.1 Å². The Kier molecular flexibility index (Phi) is 5.60. The maximum absolute atomic E-state index is 15.2. The van der Waals surface area contributed by atoms with Crippen LogP contribution in [0.3, 0.4) is 0 Å². The van der Waals surface area contributed by atoms with Crippen LogP contribution >= 0.6 is 0 Å². The molecule has 0 amide bonds. The fourth-order valence-corrected chi connectivity index (χ4v) is 4.20. The molecule has 1 aromatic carbocycles. The van der Waals surface area contributed by atoms with E-state index in [4.69, 9.17) is 0 Å². The SMILES string of the molecule is Cc1cc2ncc(C#N)c(N3CCCC(F)(CNS(C)(=O)=O)CC3)c2cc1C. The van der Waals surface area contributed by atoms with Gasteiger partial charge in [0.25, 0.3) is 0 Å². The van der Waals surface area contributed by atoms with Gasteiger partial charge in [-0.2, -0.15) is 5.26 Å². The van der Waals surface area contributed by atoms with E-state index < -0.39 is 15.7 Å². The predicted octanol–water partition coefficient (Wildman–Crippen LogP) is 2.97. The summed E-state index contributed by atoms with van der Waals surface area (Å²) in [5.41, 5.74) is 2.71. The summed E-state index contributed by atoms with van der Waals surface area (Å²) in [6.07, 6.45) is 3.64. The van der Waals surface area contributed by atoms with Crippen LogP contribution in [-0.2, 0) is 10.0 Å². The van der Waals surface area contributed by atoms with Gasteiger partial charge < -0.3 is 4.90 Å². The molecule has 1 fully saturated rings. The number of nitrogens with one attached hydrogen (secondary N) is 1. The van der Waals surface area contributed by atoms with Crippen molar-refractivity contribution >= 4 is 26.6 Å². The second-order valence-corrected chi connectivity index (χ2v) is 9.50. The van der Waals surface area contributed by atoms with Gasteiger partial charge in [-0.3, -0.25) is 4.98 Å². The van der Waals surface area contributed by atoms with Gasteiger partial charge in [0.1, 0.15) is 11.7 Å². The number of anilines is 1. The van der Waals surface area contributed by atoms with Crippen LogP contribution in [0, 0.1) is 25.2 Å². The highest BCUT2D eigenvalue weighted by molar-refractivity contribution is 7.88. The number of sulfonamides is 1. The van der Waals surface area contributed by atoms with E-state index >= 15 is 4.39 Å². The molecular formula is C20H25FN4O2S. The monoisotopic (exact) mass is 404 g/mol. The molecule has 1 N–H and O–H groups in total. The molecular weight excluding hydrogens is 379 g/mol. The smallest absolute Gasteiger partial charge is 0.208 e. The highest BCUT2D eigenvalue weighted by Gasteiger charge is 2.34. The Labute approximate surface area is 165 Å². The summed E-state index contributed by atoms with van der Waals surface area (Å²) in [4.78, 5) is 6.46. The third-order valence-electron chi connectivity index (χ3n) is 5.43. The number of hydrogen-bond acceptors (Lipinski definition) is 5. The van der Waals surface area contributed by atoms with Crippen LogP contribution in [0.4, 0.5) is 10.1 Å². The molecule has 2 heterocycles. The van der Waals surface area contributed by atoms with Gasteiger partial charge >= 0.3 is 0 Å². The molecule has 0 saturated carbocycles. The lowest BCUT2D eigenvalue weighted by atomic mass is 9.97. The number of hydrogen-bond donors (Lipinski definition) is 1. The van der Waals surface area contributed by atoms with Crippen LogP contribution in [-0.4, -0.2) is 45.0 Å². The molecule has 0 bridgehead atoms. The maximum Gasteiger partial charge on any atom is 0.208 e. The van der Waals surface area contributed by atoms with Gasteiger partial charge in [0.15, 0.2) is 0 Å². The minimum atomic E-state index is -3.44. The molecule has 1 unspecified atom stereocenters. The highest BCUT2D eigenvalue weighted by Crippen LogP contribution is 2.35. The van der Waals surface area contributed by atoms with Gasteiger partial charge in [0, 0.05) is 37.6 Å². The molecule has 8 heteroatoms. The van der Waals surface area contributed by atoms with E-state index in [1.807, 2.05) is 30.9 Å². The molecule has 1 atom stereocenters. The van der Waals surface area contributed by atoms with E-state index in [0.717, 1.165) is 34.0 Å². The van der Waals surface area contributed by atoms with Gasteiger partial charge in [0.05, 0.1) is 23.0 Å². The summed E-state index contributed by atoms with van der Waals surface area (Å²) in [6, 6.07) is 6.25. The first-order valence-electron chi connectivity index (χ1n) is 9.30. The van der Waals surface area contributed by atoms with Crippen LogP contribution in [0.25, 0.3) is 10.9 Å². The van der Waals surface area contributed by atoms with Crippen molar-refractivity contribution in [2.75, 3.05) is 30.8 Å². The zero-order valence-electron chi connectivity index (χ0n) is 16.4. The van der Waals surface area contributed by atoms with Crippen LogP contribution in [0.1, 0.15) is 36.0 Å². The second kappa shape index (κ2) is 7.64. The number of aryl methyl sites for hydroxylation is 2. The summed E-state index contributed by atoms with van der Waals surface area (Å²) in [6.45, 7) is 4.82. The molecule has 1 aliphatic rings. The van der Waals surface area contributed by atoms with Gasteiger partial charge in [-0.15, -0.1) is 0 Å². The van der Waals surface area contributed by atoms with Crippen LogP contribution in [0.2, 0.25) is 0 Å². The van der Waals surface area contributed by atoms with E-state index in [-0.39, 0.29) is 19.4 Å². The number of alkyl halides is 1. The average Bonchev–Trinajstić information content (AvgIpc) is 2.82. The van der Waals surface area contributed by atoms with Crippen molar-refractivity contribution in [1.82, 2.24) is 9.71 Å². The van der Waals surface area contributed by atoms with Crippen molar-refractivity contribution in [3.63, 3.8) is 0 Å². The van der Waals surface area contributed by atoms with Crippen molar-refractivity contribution in [3.05, 3.63) is 35.0 Å². The Balaban J connectivity index is 1.95. The third kappa shape index (κ3) is 4.42. The summed E-state index contributed by atoms with van der Waals surface area (Å²) in [5, 5.41) is 10.5. The van der Waals surface area contributed by atoms with Crippen LogP contribution in [0.5, 0.6) is 0 Å². The standard InChI is InChI=1S/C20H25FN4O2S/c1-14-9-17-18(10-15(14)2)23-12-16(11-22)19(17)25-7-4-5-20(21,6-8-25)13-24-28(3,26)27/h9-10,12,24H,4-8,13H2,1-3H3. The van der Waals surface area contributed by atoms with Crippen molar-refractivity contribution in [2.45, 2.75) is 38.8 Å². The Morgan fingerprint density at radius 1 is 1.29 bits per heavy atom. The van der Waals surface area contributed by atoms with Crippen molar-refractivity contribution < 1.29 is 12.8 Å². The normalized spacial score (nSPS) is 20.8. The first-order chi connectivity index (χ1) is 13.1. The number of pyridine rings is 1. The summed E-state index contributed by atoms with van der Waals surface area (Å²) in [5.74, 6) is 0. The lowest BCUT2D eigenvalue weighted by Gasteiger charge is -2.27. The van der Waals surface area contributed by atoms with E-state index in [9.17, 15) is 13.7 Å². The molecule has 0 aliphatic carbocycles. The number of nitrogens with zero attached hydrogens (tertiary/aromatic N) is 3. The zero-order chi connectivity index (χ0) is 20.5. The van der Waals surface area contributed by atoms with E-state index in [1.165, 1.54) is 0 Å². The molecule has 150 valence electrons. The number of rotatable bonds is 4. The van der Waals surface area contributed by atoms with Crippen LogP contribution < -0.4 is 9.62 Å². The molecule has 1 aliphatic heterocycles. The first-order valence-corrected chi connectivity index (χ1v) is 11.2. The lowest BCUT2D eigenvalue weighted by Crippen LogP contribution is -2.40. The molecule has 0 spiro atoms. The van der Waals surface area contributed by atoms with Crippen molar-refractivity contribution in [1.29, 1.82) is 5.26 Å². The number of nitriles is 1. The maximum atomic E-state index is 15.2. The number of benzene rings is 1. The zero-order valence-corrected chi connectivity index (χ0v) is 17.2. The first kappa shape index (κ1) is 20.5. The Morgan fingerprint density at radius 3 is 2.68 bits per heavy atom. The van der Waals surface area contributed by atoms with Gasteiger partial charge in [0.2, 0.25) is 10.0 Å². The largest absolute Gasteiger partial charge is 0.370 e. The third-order valence-corrected chi connectivity index (χ3v) is 6.09. The quantitative estimate of drug-likeness (QED) is 0.847. The van der Waals surface area contributed by atoms with E-state index in [0.29, 0.717) is 25.1 Å². The Bertz CT molecular complexity index is 1050. The fourth-order valence-electron chi connectivity index (χ4n) is 3.68. The van der Waals surface area contributed by atoms with Gasteiger partial charge in [-0.1, -0.05) is 0 Å². The minimum absolute atomic E-state index is 0.190. The summed E-state index contributed by atoms with van der Waals surface area (Å²) in [7, 11) is -3.44. The van der Waals surface area contributed by atoms with Crippen molar-refractivity contribution in [3.8, 4) is 6.07 Å². The Hall–Kier alpha value is -2.24. The number of halogens is 1. The number of fused-ring (bicyclic) bond motifs is 1. The summed E-state index contributed by atoms with van der Waals surface area (Å²) < 4.78 is 40.2. The fraction of sp³-hybridized carbons (Fsp3) is 0.500. The number of aromatic nitrogens is 1. The Morgan fingerprint density at radius 2 is 2.00 bits per heavy atom. The van der Waals surface area contributed by atoms with E-state index in [2.05, 4.69) is 15.8 Å². The predicted molar refractivity (Wildman–Crippen MR) is 109 cm³/mol. The molecule has 6 nitrogen and oxygen atoms in total. The van der Waals surface area contributed by atoms with Crippen molar-refractivity contribution in [2.24, 2.45) is 0 Å².